The fourth-order valence-electron chi connectivity index (χ4n) is 4.35. The maximum Gasteiger partial charge on any atom is 0.328 e. The quantitative estimate of drug-likeness (QED) is 0.663. The van der Waals surface area contributed by atoms with Crippen molar-refractivity contribution in [3.8, 4) is 0 Å². The Morgan fingerprint density at radius 2 is 1.81 bits per heavy atom. The van der Waals surface area contributed by atoms with Gasteiger partial charge in [0.15, 0.2) is 0 Å². The number of rotatable bonds is 6. The van der Waals surface area contributed by atoms with Gasteiger partial charge in [0.25, 0.3) is 5.91 Å². The Morgan fingerprint density at radius 3 is 2.50 bits per heavy atom. The molecule has 0 saturated carbocycles. The number of urea groups is 1. The van der Waals surface area contributed by atoms with Crippen LogP contribution in [0.1, 0.15) is 36.2 Å². The maximum absolute atomic E-state index is 13.7. The van der Waals surface area contributed by atoms with Crippen molar-refractivity contribution >= 4 is 29.4 Å². The lowest BCUT2D eigenvalue weighted by molar-refractivity contribution is -0.133. The molecule has 2 aromatic rings. The number of nitrogens with zero attached hydrogens (tertiary/aromatic N) is 3. The summed E-state index contributed by atoms with van der Waals surface area (Å²) in [5.41, 5.74) is 1.40. The van der Waals surface area contributed by atoms with E-state index in [0.717, 1.165) is 5.56 Å². The van der Waals surface area contributed by atoms with Crippen LogP contribution in [0.4, 0.5) is 14.9 Å². The Hall–Kier alpha value is -3.79. The van der Waals surface area contributed by atoms with Gasteiger partial charge in [-0.15, -0.1) is 0 Å². The minimum absolute atomic E-state index is 0.0913. The van der Waals surface area contributed by atoms with E-state index in [4.69, 9.17) is 4.74 Å². The highest BCUT2D eigenvalue weighted by atomic mass is 19.1. The molecule has 2 fully saturated rings. The van der Waals surface area contributed by atoms with Crippen LogP contribution in [0.25, 0.3) is 0 Å². The lowest BCUT2D eigenvalue weighted by Crippen LogP contribution is -2.50. The van der Waals surface area contributed by atoms with E-state index in [1.807, 2.05) is 13.8 Å². The standard InChI is InChI=1S/C26H29FN4O5/c1-17(2)31-14-20(36-16-18-7-9-19(27)10-8-18)13-29(15-24(31)33)25(34)21-5-3-4-6-22(21)30-12-11-23(32)28-26(30)35/h3-10,17,20H,11-16H2,1-2H3,(H,28,32,35)/t20-/m0/s1. The first-order valence-corrected chi connectivity index (χ1v) is 11.9. The van der Waals surface area contributed by atoms with Gasteiger partial charge in [0.2, 0.25) is 11.8 Å². The fraction of sp³-hybridized carbons (Fsp3) is 0.385. The van der Waals surface area contributed by atoms with Crippen LogP contribution in [-0.4, -0.2) is 71.9 Å². The van der Waals surface area contributed by atoms with Gasteiger partial charge in [-0.25, -0.2) is 9.18 Å². The summed E-state index contributed by atoms with van der Waals surface area (Å²) in [4.78, 5) is 55.3. The second-order valence-electron chi connectivity index (χ2n) is 9.16. The highest BCUT2D eigenvalue weighted by Crippen LogP contribution is 2.25. The van der Waals surface area contributed by atoms with E-state index < -0.39 is 18.0 Å². The molecule has 36 heavy (non-hydrogen) atoms. The Morgan fingerprint density at radius 1 is 1.08 bits per heavy atom. The zero-order valence-corrected chi connectivity index (χ0v) is 20.3. The molecule has 0 aliphatic carbocycles. The average molecular weight is 497 g/mol. The van der Waals surface area contributed by atoms with Gasteiger partial charge in [-0.3, -0.25) is 24.6 Å². The number of carbonyl (C=O) groups is 4. The van der Waals surface area contributed by atoms with Gasteiger partial charge in [-0.05, 0) is 43.7 Å². The molecule has 0 aromatic heterocycles. The number of ether oxygens (including phenoxy) is 1. The van der Waals surface area contributed by atoms with Gasteiger partial charge in [-0.2, -0.15) is 0 Å². The van der Waals surface area contributed by atoms with Crippen LogP contribution in [0, 0.1) is 5.82 Å². The number of amides is 5. The van der Waals surface area contributed by atoms with Crippen LogP contribution in [-0.2, 0) is 20.9 Å². The SMILES string of the molecule is CC(C)N1C[C@@H](OCc2ccc(F)cc2)CN(C(=O)c2ccccc2N2CCC(=O)NC2=O)CC1=O. The average Bonchev–Trinajstić information content (AvgIpc) is 3.02. The Kier molecular flexibility index (Phi) is 7.64. The van der Waals surface area contributed by atoms with Crippen molar-refractivity contribution in [2.45, 2.75) is 39.0 Å². The van der Waals surface area contributed by atoms with Crippen LogP contribution in [0.5, 0.6) is 0 Å². The lowest BCUT2D eigenvalue weighted by atomic mass is 10.1. The highest BCUT2D eigenvalue weighted by Gasteiger charge is 2.34. The first-order valence-electron chi connectivity index (χ1n) is 11.9. The molecule has 2 aliphatic heterocycles. The van der Waals surface area contributed by atoms with Crippen molar-refractivity contribution in [3.63, 3.8) is 0 Å². The number of hydrogen-bond acceptors (Lipinski definition) is 5. The summed E-state index contributed by atoms with van der Waals surface area (Å²) in [6.45, 7) is 4.49. The first kappa shape index (κ1) is 25.3. The van der Waals surface area contributed by atoms with Gasteiger partial charge in [0.05, 0.1) is 24.0 Å². The molecule has 4 rings (SSSR count). The molecule has 2 heterocycles. The van der Waals surface area contributed by atoms with Crippen LogP contribution in [0.2, 0.25) is 0 Å². The molecule has 10 heteroatoms. The molecule has 0 unspecified atom stereocenters. The van der Waals surface area contributed by atoms with Gasteiger partial charge in [-0.1, -0.05) is 24.3 Å². The Bertz CT molecular complexity index is 1150. The zero-order chi connectivity index (χ0) is 25.8. The van der Waals surface area contributed by atoms with E-state index in [-0.39, 0.29) is 61.9 Å². The summed E-state index contributed by atoms with van der Waals surface area (Å²) in [7, 11) is 0. The number of imide groups is 1. The summed E-state index contributed by atoms with van der Waals surface area (Å²) >= 11 is 0. The second-order valence-corrected chi connectivity index (χ2v) is 9.16. The molecule has 0 bridgehead atoms. The number of benzene rings is 2. The van der Waals surface area contributed by atoms with Gasteiger partial charge >= 0.3 is 6.03 Å². The van der Waals surface area contributed by atoms with Crippen molar-refractivity contribution in [2.75, 3.05) is 31.1 Å². The molecule has 2 saturated heterocycles. The molecule has 0 radical (unpaired) electrons. The zero-order valence-electron chi connectivity index (χ0n) is 20.3. The van der Waals surface area contributed by atoms with E-state index in [2.05, 4.69) is 5.32 Å². The molecule has 1 atom stereocenters. The van der Waals surface area contributed by atoms with E-state index in [1.54, 1.807) is 41.3 Å². The van der Waals surface area contributed by atoms with Gasteiger partial charge in [0, 0.05) is 32.1 Å². The van der Waals surface area contributed by atoms with E-state index >= 15 is 0 Å². The lowest BCUT2D eigenvalue weighted by Gasteiger charge is -2.30. The van der Waals surface area contributed by atoms with Crippen LogP contribution in [0.15, 0.2) is 48.5 Å². The minimum atomic E-state index is -0.593. The number of nitrogens with one attached hydrogen (secondary N) is 1. The number of hydrogen-bond donors (Lipinski definition) is 1. The number of halogens is 1. The topological polar surface area (TPSA) is 99.3 Å². The molecule has 2 aliphatic rings. The molecule has 5 amide bonds. The van der Waals surface area contributed by atoms with Crippen molar-refractivity contribution in [1.82, 2.24) is 15.1 Å². The largest absolute Gasteiger partial charge is 0.370 e. The highest BCUT2D eigenvalue weighted by molar-refractivity contribution is 6.10. The van der Waals surface area contributed by atoms with Crippen molar-refractivity contribution in [3.05, 3.63) is 65.5 Å². The number of anilines is 1. The summed E-state index contributed by atoms with van der Waals surface area (Å²) in [6, 6.07) is 11.9. The van der Waals surface area contributed by atoms with E-state index in [1.165, 1.54) is 21.9 Å². The molecule has 9 nitrogen and oxygen atoms in total. The van der Waals surface area contributed by atoms with Crippen molar-refractivity contribution in [2.24, 2.45) is 0 Å². The van der Waals surface area contributed by atoms with Crippen molar-refractivity contribution < 1.29 is 28.3 Å². The molecular formula is C26H29FN4O5. The summed E-state index contributed by atoms with van der Waals surface area (Å²) in [6.07, 6.45) is -0.352. The van der Waals surface area contributed by atoms with Gasteiger partial charge < -0.3 is 14.5 Å². The Balaban J connectivity index is 1.57. The first-order chi connectivity index (χ1) is 17.2. The number of para-hydroxylation sites is 1. The molecular weight excluding hydrogens is 467 g/mol. The van der Waals surface area contributed by atoms with Crippen molar-refractivity contribution in [1.29, 1.82) is 0 Å². The molecule has 0 spiro atoms. The Labute approximate surface area is 208 Å². The number of carbonyl (C=O) groups excluding carboxylic acids is 4. The third-order valence-corrected chi connectivity index (χ3v) is 6.26. The van der Waals surface area contributed by atoms with Gasteiger partial charge in [0.1, 0.15) is 12.4 Å². The van der Waals surface area contributed by atoms with Crippen LogP contribution in [0.3, 0.4) is 0 Å². The monoisotopic (exact) mass is 496 g/mol. The fourth-order valence-corrected chi connectivity index (χ4v) is 4.35. The van der Waals surface area contributed by atoms with Crippen LogP contribution < -0.4 is 10.2 Å². The summed E-state index contributed by atoms with van der Waals surface area (Å²) in [5, 5.41) is 2.27. The normalized spacial score (nSPS) is 18.9. The third kappa shape index (κ3) is 5.71. The second kappa shape index (κ2) is 10.9. The maximum atomic E-state index is 13.7. The predicted octanol–water partition coefficient (Wildman–Crippen LogP) is 2.55. The van der Waals surface area contributed by atoms with Crippen LogP contribution >= 0.6 is 0 Å². The van der Waals surface area contributed by atoms with E-state index in [0.29, 0.717) is 12.2 Å². The summed E-state index contributed by atoms with van der Waals surface area (Å²) in [5.74, 6) is -1.32. The smallest absolute Gasteiger partial charge is 0.328 e. The molecule has 2 aromatic carbocycles. The predicted molar refractivity (Wildman–Crippen MR) is 130 cm³/mol. The molecule has 190 valence electrons. The minimum Gasteiger partial charge on any atom is -0.370 e. The third-order valence-electron chi connectivity index (χ3n) is 6.26. The molecule has 1 N–H and O–H groups in total. The summed E-state index contributed by atoms with van der Waals surface area (Å²) < 4.78 is 19.3. The van der Waals surface area contributed by atoms with E-state index in [9.17, 15) is 23.6 Å².